The molecule has 1 aromatic rings. The first-order chi connectivity index (χ1) is 9.01. The minimum atomic E-state index is -5.91. The van der Waals surface area contributed by atoms with Gasteiger partial charge in [0.05, 0.1) is 11.9 Å². The molecule has 4 nitrogen and oxygen atoms in total. The fraction of sp³-hybridized carbons (Fsp3) is 0.400. The van der Waals surface area contributed by atoms with Crippen molar-refractivity contribution in [3.05, 3.63) is 29.6 Å². The number of rotatable bonds is 3. The first kappa shape index (κ1) is 16.2. The van der Waals surface area contributed by atoms with Crippen molar-refractivity contribution >= 4 is 6.21 Å². The average Bonchev–Trinajstić information content (AvgIpc) is 2.26. The van der Waals surface area contributed by atoms with Crippen molar-refractivity contribution in [2.24, 2.45) is 5.16 Å². The van der Waals surface area contributed by atoms with Crippen LogP contribution in [0.5, 0.6) is 0 Å². The summed E-state index contributed by atoms with van der Waals surface area (Å²) in [6, 6.07) is 3.20. The molecule has 10 heteroatoms. The van der Waals surface area contributed by atoms with Crippen molar-refractivity contribution in [1.29, 1.82) is 0 Å². The maximum atomic E-state index is 12.5. The summed E-state index contributed by atoms with van der Waals surface area (Å²) in [5.41, 5.74) is -5.71. The molecule has 0 aromatic carbocycles. The van der Waals surface area contributed by atoms with Crippen LogP contribution in [0.15, 0.2) is 23.4 Å². The van der Waals surface area contributed by atoms with Crippen LogP contribution in [0.2, 0.25) is 0 Å². The molecule has 0 aliphatic carbocycles. The number of hydrogen-bond donors (Lipinski definition) is 2. The van der Waals surface area contributed by atoms with Gasteiger partial charge in [0.25, 0.3) is 5.60 Å². The topological polar surface area (TPSA) is 65.7 Å². The number of aromatic nitrogens is 1. The van der Waals surface area contributed by atoms with Crippen molar-refractivity contribution in [3.8, 4) is 0 Å². The molecule has 0 aliphatic rings. The number of aliphatic hydroxyl groups is 1. The SMILES string of the molecule is O/N=C/c1cccc(CC(O)(C(F)(F)F)C(F)(F)F)n1. The summed E-state index contributed by atoms with van der Waals surface area (Å²) in [6.07, 6.45) is -12.9. The molecule has 1 aromatic heterocycles. The van der Waals surface area contributed by atoms with E-state index in [2.05, 4.69) is 10.1 Å². The molecule has 0 unspecified atom stereocenters. The molecule has 20 heavy (non-hydrogen) atoms. The summed E-state index contributed by atoms with van der Waals surface area (Å²) in [4.78, 5) is 3.41. The Morgan fingerprint density at radius 3 is 2.10 bits per heavy atom. The summed E-state index contributed by atoms with van der Waals surface area (Å²) in [5, 5.41) is 19.8. The third-order valence-electron chi connectivity index (χ3n) is 2.39. The molecule has 0 spiro atoms. The van der Waals surface area contributed by atoms with E-state index in [0.717, 1.165) is 18.3 Å². The quantitative estimate of drug-likeness (QED) is 0.390. The zero-order chi connectivity index (χ0) is 15.6. The lowest BCUT2D eigenvalue weighted by atomic mass is 9.95. The molecule has 112 valence electrons. The Bertz CT molecular complexity index is 483. The fourth-order valence-corrected chi connectivity index (χ4v) is 1.35. The molecule has 0 atom stereocenters. The summed E-state index contributed by atoms with van der Waals surface area (Å²) in [7, 11) is 0. The van der Waals surface area contributed by atoms with Crippen molar-refractivity contribution in [2.75, 3.05) is 0 Å². The van der Waals surface area contributed by atoms with Crippen LogP contribution in [0.4, 0.5) is 26.3 Å². The summed E-state index contributed by atoms with van der Waals surface area (Å²) < 4.78 is 74.8. The van der Waals surface area contributed by atoms with Gasteiger partial charge in [-0.05, 0) is 12.1 Å². The molecule has 2 N–H and O–H groups in total. The fourth-order valence-electron chi connectivity index (χ4n) is 1.35. The Labute approximate surface area is 108 Å². The lowest BCUT2D eigenvalue weighted by Gasteiger charge is -2.32. The van der Waals surface area contributed by atoms with Crippen LogP contribution in [0.3, 0.4) is 0 Å². The van der Waals surface area contributed by atoms with Gasteiger partial charge in [-0.25, -0.2) is 0 Å². The van der Waals surface area contributed by atoms with E-state index in [9.17, 15) is 26.3 Å². The van der Waals surface area contributed by atoms with Crippen LogP contribution in [0.1, 0.15) is 11.4 Å². The Kier molecular flexibility index (Phi) is 4.27. The number of halogens is 6. The first-order valence-corrected chi connectivity index (χ1v) is 5.00. The van der Waals surface area contributed by atoms with E-state index in [1.54, 1.807) is 0 Å². The molecule has 0 radical (unpaired) electrons. The molecule has 1 heterocycles. The minimum absolute atomic E-state index is 0.156. The van der Waals surface area contributed by atoms with Gasteiger partial charge in [0.2, 0.25) is 0 Å². The minimum Gasteiger partial charge on any atom is -0.411 e. The lowest BCUT2D eigenvalue weighted by molar-refractivity contribution is -0.367. The van der Waals surface area contributed by atoms with Gasteiger partial charge in [0, 0.05) is 12.1 Å². The van der Waals surface area contributed by atoms with Gasteiger partial charge in [-0.3, -0.25) is 4.98 Å². The lowest BCUT2D eigenvalue weighted by Crippen LogP contribution is -2.58. The van der Waals surface area contributed by atoms with Crippen LogP contribution >= 0.6 is 0 Å². The van der Waals surface area contributed by atoms with Gasteiger partial charge < -0.3 is 10.3 Å². The molecular formula is C10H8F6N2O2. The van der Waals surface area contributed by atoms with Crippen molar-refractivity contribution < 1.29 is 36.7 Å². The van der Waals surface area contributed by atoms with Crippen molar-refractivity contribution in [2.45, 2.75) is 24.4 Å². The normalized spacial score (nSPS) is 13.9. The number of hydrogen-bond acceptors (Lipinski definition) is 4. The predicted molar refractivity (Wildman–Crippen MR) is 54.4 cm³/mol. The smallest absolute Gasteiger partial charge is 0.411 e. The number of oxime groups is 1. The monoisotopic (exact) mass is 302 g/mol. The summed E-state index contributed by atoms with van der Waals surface area (Å²) in [6.45, 7) is 0. The van der Waals surface area contributed by atoms with Gasteiger partial charge in [0.1, 0.15) is 0 Å². The Hall–Kier alpha value is -1.84. The average molecular weight is 302 g/mol. The Balaban J connectivity index is 3.18. The number of nitrogens with zero attached hydrogens (tertiary/aromatic N) is 2. The van der Waals surface area contributed by atoms with Gasteiger partial charge >= 0.3 is 12.4 Å². The number of pyridine rings is 1. The van der Waals surface area contributed by atoms with Crippen LogP contribution < -0.4 is 0 Å². The van der Waals surface area contributed by atoms with E-state index in [1.165, 1.54) is 6.07 Å². The molecule has 0 fully saturated rings. The van der Waals surface area contributed by atoms with Crippen LogP contribution in [-0.4, -0.2) is 39.5 Å². The molecule has 0 aliphatic heterocycles. The Morgan fingerprint density at radius 2 is 1.65 bits per heavy atom. The van der Waals surface area contributed by atoms with E-state index in [-0.39, 0.29) is 5.69 Å². The zero-order valence-corrected chi connectivity index (χ0v) is 9.57. The van der Waals surface area contributed by atoms with Gasteiger partial charge in [0.15, 0.2) is 0 Å². The van der Waals surface area contributed by atoms with E-state index in [0.29, 0.717) is 0 Å². The predicted octanol–water partition coefficient (Wildman–Crippen LogP) is 2.29. The second-order valence-electron chi connectivity index (χ2n) is 3.83. The highest BCUT2D eigenvalue weighted by Gasteiger charge is 2.70. The number of alkyl halides is 6. The maximum Gasteiger partial charge on any atom is 0.426 e. The molecule has 0 saturated heterocycles. The molecule has 0 saturated carbocycles. The highest BCUT2D eigenvalue weighted by molar-refractivity contribution is 5.76. The highest BCUT2D eigenvalue weighted by Crippen LogP contribution is 2.44. The summed E-state index contributed by atoms with van der Waals surface area (Å²) >= 11 is 0. The van der Waals surface area contributed by atoms with Crippen molar-refractivity contribution in [3.63, 3.8) is 0 Å². The second kappa shape index (κ2) is 5.27. The Morgan fingerprint density at radius 1 is 1.10 bits per heavy atom. The van der Waals surface area contributed by atoms with Gasteiger partial charge in [-0.2, -0.15) is 26.3 Å². The third kappa shape index (κ3) is 3.18. The largest absolute Gasteiger partial charge is 0.426 e. The highest BCUT2D eigenvalue weighted by atomic mass is 19.4. The van der Waals surface area contributed by atoms with E-state index in [1.807, 2.05) is 0 Å². The van der Waals surface area contributed by atoms with E-state index in [4.69, 9.17) is 10.3 Å². The van der Waals surface area contributed by atoms with E-state index >= 15 is 0 Å². The van der Waals surface area contributed by atoms with Crippen LogP contribution in [0.25, 0.3) is 0 Å². The van der Waals surface area contributed by atoms with Crippen LogP contribution in [0, 0.1) is 0 Å². The van der Waals surface area contributed by atoms with Crippen LogP contribution in [-0.2, 0) is 6.42 Å². The molecule has 0 bridgehead atoms. The maximum absolute atomic E-state index is 12.5. The molecule has 1 rings (SSSR count). The standard InChI is InChI=1S/C10H8F6N2O2/c11-9(12,13)8(19,10(14,15)16)4-6-2-1-3-7(18-6)5-17-20/h1-3,5,19-20H,4H2/b17-5+. The van der Waals surface area contributed by atoms with Gasteiger partial charge in [-0.1, -0.05) is 11.2 Å². The summed E-state index contributed by atoms with van der Waals surface area (Å²) in [5.74, 6) is 0. The first-order valence-electron chi connectivity index (χ1n) is 5.00. The van der Waals surface area contributed by atoms with Crippen molar-refractivity contribution in [1.82, 2.24) is 4.98 Å². The molecule has 0 amide bonds. The third-order valence-corrected chi connectivity index (χ3v) is 2.39. The molecular weight excluding hydrogens is 294 g/mol. The zero-order valence-electron chi connectivity index (χ0n) is 9.57. The van der Waals surface area contributed by atoms with E-state index < -0.39 is 30.1 Å². The second-order valence-corrected chi connectivity index (χ2v) is 3.83. The van der Waals surface area contributed by atoms with Gasteiger partial charge in [-0.15, -0.1) is 0 Å².